The smallest absolute Gasteiger partial charge is 0.311 e. The van der Waals surface area contributed by atoms with Gasteiger partial charge in [0.25, 0.3) is 5.91 Å². The number of rotatable bonds is 4. The van der Waals surface area contributed by atoms with Gasteiger partial charge in [-0.15, -0.1) is 11.3 Å². The third kappa shape index (κ3) is 2.92. The molecule has 0 saturated heterocycles. The lowest BCUT2D eigenvalue weighted by Crippen LogP contribution is -2.11. The van der Waals surface area contributed by atoms with Gasteiger partial charge in [-0.25, -0.2) is 4.98 Å². The molecule has 18 heavy (non-hydrogen) atoms. The van der Waals surface area contributed by atoms with Crippen LogP contribution in [0.4, 0.5) is 5.13 Å². The maximum Gasteiger partial charge on any atom is 0.311 e. The van der Waals surface area contributed by atoms with Gasteiger partial charge in [0.1, 0.15) is 0 Å². The molecular weight excluding hydrogens is 258 g/mol. The summed E-state index contributed by atoms with van der Waals surface area (Å²) in [7, 11) is 1.31. The molecule has 0 unspecified atom stereocenters. The van der Waals surface area contributed by atoms with Crippen molar-refractivity contribution in [2.24, 2.45) is 0 Å². The number of nitrogens with one attached hydrogen (secondary N) is 1. The van der Waals surface area contributed by atoms with Crippen LogP contribution in [0.5, 0.6) is 0 Å². The number of methoxy groups -OCH3 is 1. The number of thiazole rings is 1. The van der Waals surface area contributed by atoms with Gasteiger partial charge in [-0.05, 0) is 0 Å². The first kappa shape index (κ1) is 12.2. The molecule has 8 heteroatoms. The van der Waals surface area contributed by atoms with E-state index in [-0.39, 0.29) is 18.2 Å². The van der Waals surface area contributed by atoms with E-state index in [4.69, 9.17) is 4.52 Å². The van der Waals surface area contributed by atoms with E-state index >= 15 is 0 Å². The van der Waals surface area contributed by atoms with E-state index in [1.165, 1.54) is 30.7 Å². The van der Waals surface area contributed by atoms with Crippen LogP contribution in [-0.2, 0) is 16.0 Å². The normalized spacial score (nSPS) is 10.1. The number of anilines is 1. The van der Waals surface area contributed by atoms with Crippen molar-refractivity contribution >= 4 is 28.3 Å². The SMILES string of the molecule is COC(=O)Cc1csc(NC(=O)c2ccno2)n1. The Morgan fingerprint density at radius 2 is 2.39 bits per heavy atom. The molecule has 0 aliphatic carbocycles. The van der Waals surface area contributed by atoms with Gasteiger partial charge >= 0.3 is 5.97 Å². The number of hydrogen-bond acceptors (Lipinski definition) is 7. The number of carbonyl (C=O) groups is 2. The summed E-state index contributed by atoms with van der Waals surface area (Å²) >= 11 is 1.21. The number of amides is 1. The molecule has 0 aliphatic heterocycles. The first-order valence-electron chi connectivity index (χ1n) is 4.92. The lowest BCUT2D eigenvalue weighted by molar-refractivity contribution is -0.139. The Bertz CT molecular complexity index is 549. The number of aromatic nitrogens is 2. The van der Waals surface area contributed by atoms with Gasteiger partial charge in [0, 0.05) is 11.4 Å². The van der Waals surface area contributed by atoms with Crippen LogP contribution in [0, 0.1) is 0 Å². The minimum atomic E-state index is -0.438. The molecule has 0 saturated carbocycles. The zero-order chi connectivity index (χ0) is 13.0. The molecule has 0 atom stereocenters. The standard InChI is InChI=1S/C10H9N3O4S/c1-16-8(14)4-6-5-18-10(12-6)13-9(15)7-2-3-11-17-7/h2-3,5H,4H2,1H3,(H,12,13,15). The molecule has 2 aromatic rings. The highest BCUT2D eigenvalue weighted by molar-refractivity contribution is 7.14. The molecule has 0 radical (unpaired) electrons. The number of hydrogen-bond donors (Lipinski definition) is 1. The molecule has 2 heterocycles. The second kappa shape index (κ2) is 5.41. The van der Waals surface area contributed by atoms with Crippen molar-refractivity contribution < 1.29 is 18.8 Å². The van der Waals surface area contributed by atoms with Crippen molar-refractivity contribution in [1.29, 1.82) is 0 Å². The van der Waals surface area contributed by atoms with Crippen LogP contribution in [-0.4, -0.2) is 29.1 Å². The highest BCUT2D eigenvalue weighted by Gasteiger charge is 2.13. The van der Waals surface area contributed by atoms with Gasteiger partial charge in [0.05, 0.1) is 25.4 Å². The minimum Gasteiger partial charge on any atom is -0.469 e. The number of ether oxygens (including phenoxy) is 1. The molecule has 0 spiro atoms. The quantitative estimate of drug-likeness (QED) is 0.833. The summed E-state index contributed by atoms with van der Waals surface area (Å²) in [5.41, 5.74) is 0.541. The van der Waals surface area contributed by atoms with Crippen LogP contribution in [0.25, 0.3) is 0 Å². The van der Waals surface area contributed by atoms with Crippen molar-refractivity contribution in [3.05, 3.63) is 29.1 Å². The van der Waals surface area contributed by atoms with Crippen LogP contribution in [0.2, 0.25) is 0 Å². The van der Waals surface area contributed by atoms with Gasteiger partial charge in [-0.1, -0.05) is 5.16 Å². The molecule has 0 aromatic carbocycles. The van der Waals surface area contributed by atoms with Gasteiger partial charge in [0.15, 0.2) is 5.13 Å². The first-order valence-corrected chi connectivity index (χ1v) is 5.80. The largest absolute Gasteiger partial charge is 0.469 e. The summed E-state index contributed by atoms with van der Waals surface area (Å²) in [5, 5.41) is 8.02. The predicted molar refractivity (Wildman–Crippen MR) is 62.3 cm³/mol. The third-order valence-corrected chi connectivity index (χ3v) is 2.79. The average Bonchev–Trinajstić information content (AvgIpc) is 3.00. The van der Waals surface area contributed by atoms with Crippen molar-refractivity contribution in [3.63, 3.8) is 0 Å². The zero-order valence-corrected chi connectivity index (χ0v) is 10.2. The summed E-state index contributed by atoms with van der Waals surface area (Å²) in [6.07, 6.45) is 1.45. The van der Waals surface area contributed by atoms with Crippen molar-refractivity contribution in [3.8, 4) is 0 Å². The van der Waals surface area contributed by atoms with Crippen LogP contribution < -0.4 is 5.32 Å². The summed E-state index contributed by atoms with van der Waals surface area (Å²) < 4.78 is 9.22. The molecule has 0 aliphatic rings. The Kier molecular flexibility index (Phi) is 3.68. The van der Waals surface area contributed by atoms with Gasteiger partial charge in [0.2, 0.25) is 5.76 Å². The first-order chi connectivity index (χ1) is 8.69. The maximum atomic E-state index is 11.6. The van der Waals surface area contributed by atoms with Crippen LogP contribution in [0.15, 0.2) is 22.2 Å². The van der Waals surface area contributed by atoms with E-state index in [0.29, 0.717) is 10.8 Å². The molecular formula is C10H9N3O4S. The van der Waals surface area contributed by atoms with Gasteiger partial charge < -0.3 is 9.26 Å². The van der Waals surface area contributed by atoms with Crippen LogP contribution >= 0.6 is 11.3 Å². The fourth-order valence-electron chi connectivity index (χ4n) is 1.16. The number of nitrogens with zero attached hydrogens (tertiary/aromatic N) is 2. The molecule has 7 nitrogen and oxygen atoms in total. The topological polar surface area (TPSA) is 94.3 Å². The molecule has 0 fully saturated rings. The molecule has 1 N–H and O–H groups in total. The average molecular weight is 267 g/mol. The lowest BCUT2D eigenvalue weighted by Gasteiger charge is -1.96. The van der Waals surface area contributed by atoms with Crippen LogP contribution in [0.3, 0.4) is 0 Å². The van der Waals surface area contributed by atoms with E-state index in [2.05, 4.69) is 20.2 Å². The highest BCUT2D eigenvalue weighted by Crippen LogP contribution is 2.17. The molecule has 2 rings (SSSR count). The summed E-state index contributed by atoms with van der Waals surface area (Å²) in [4.78, 5) is 26.7. The van der Waals surface area contributed by atoms with Gasteiger partial charge in [-0.3, -0.25) is 14.9 Å². The fraction of sp³-hybridized carbons (Fsp3) is 0.200. The molecule has 0 bridgehead atoms. The van der Waals surface area contributed by atoms with E-state index < -0.39 is 5.91 Å². The Balaban J connectivity index is 1.98. The second-order valence-corrected chi connectivity index (χ2v) is 4.09. The van der Waals surface area contributed by atoms with Crippen molar-refractivity contribution in [1.82, 2.24) is 10.1 Å². The fourth-order valence-corrected chi connectivity index (χ4v) is 1.86. The van der Waals surface area contributed by atoms with E-state index in [0.717, 1.165) is 0 Å². The Labute approximate surface area is 106 Å². The minimum absolute atomic E-state index is 0.0746. The highest BCUT2D eigenvalue weighted by atomic mass is 32.1. The van der Waals surface area contributed by atoms with Crippen LogP contribution in [0.1, 0.15) is 16.2 Å². The molecule has 1 amide bonds. The van der Waals surface area contributed by atoms with Crippen molar-refractivity contribution in [2.45, 2.75) is 6.42 Å². The van der Waals surface area contributed by atoms with E-state index in [1.54, 1.807) is 5.38 Å². The molecule has 2 aromatic heterocycles. The molecule has 94 valence electrons. The predicted octanol–water partition coefficient (Wildman–Crippen LogP) is 1.10. The third-order valence-electron chi connectivity index (χ3n) is 1.99. The van der Waals surface area contributed by atoms with E-state index in [9.17, 15) is 9.59 Å². The lowest BCUT2D eigenvalue weighted by atomic mass is 10.3. The Morgan fingerprint density at radius 3 is 3.06 bits per heavy atom. The number of carbonyl (C=O) groups excluding carboxylic acids is 2. The maximum absolute atomic E-state index is 11.6. The summed E-state index contributed by atoms with van der Waals surface area (Å²) in [5.74, 6) is -0.723. The second-order valence-electron chi connectivity index (χ2n) is 3.23. The summed E-state index contributed by atoms with van der Waals surface area (Å²) in [6.45, 7) is 0. The Morgan fingerprint density at radius 1 is 1.56 bits per heavy atom. The van der Waals surface area contributed by atoms with E-state index in [1.807, 2.05) is 0 Å². The Hall–Kier alpha value is -2.22. The number of esters is 1. The monoisotopic (exact) mass is 267 g/mol. The van der Waals surface area contributed by atoms with Gasteiger partial charge in [-0.2, -0.15) is 0 Å². The summed E-state index contributed by atoms with van der Waals surface area (Å²) in [6, 6.07) is 1.44. The zero-order valence-electron chi connectivity index (χ0n) is 9.37. The van der Waals surface area contributed by atoms with Crippen molar-refractivity contribution in [2.75, 3.05) is 12.4 Å².